The molecule has 26 heavy (non-hydrogen) atoms. The standard InChI is InChI=1S/C22H29NO3/c1-4-23-17-12-7-14-20(3)6-5-16(26-19(20)23)22(14,17)15-8-13(24)11-9-21(12,15)18(25)10(11)2/h11-12,14-19,25H,2,4-9H2,1,3H3/t11-,12+,14-,15-,16+,17-,18-,19?,20-,21+,22+/m1/s1. The van der Waals surface area contributed by atoms with Crippen molar-refractivity contribution in [2.24, 2.45) is 39.9 Å². The zero-order valence-electron chi connectivity index (χ0n) is 15.8. The molecule has 9 aliphatic rings. The third-order valence-corrected chi connectivity index (χ3v) is 10.8. The lowest BCUT2D eigenvalue weighted by Crippen LogP contribution is -2.78. The van der Waals surface area contributed by atoms with Gasteiger partial charge in [0.05, 0.1) is 12.2 Å². The lowest BCUT2D eigenvalue weighted by Gasteiger charge is -2.73. The van der Waals surface area contributed by atoms with E-state index in [1.54, 1.807) is 0 Å². The van der Waals surface area contributed by atoms with E-state index in [4.69, 9.17) is 4.74 Å². The van der Waals surface area contributed by atoms with Crippen molar-refractivity contribution in [1.82, 2.24) is 4.90 Å². The summed E-state index contributed by atoms with van der Waals surface area (Å²) in [5.74, 6) is 1.74. The molecule has 5 saturated carbocycles. The van der Waals surface area contributed by atoms with Crippen LogP contribution in [0.5, 0.6) is 0 Å². The molecule has 4 nitrogen and oxygen atoms in total. The molecule has 0 radical (unpaired) electrons. The number of nitrogens with zero attached hydrogens (tertiary/aromatic N) is 1. The van der Waals surface area contributed by atoms with Crippen LogP contribution in [-0.4, -0.2) is 46.8 Å². The second-order valence-electron chi connectivity index (χ2n) is 10.8. The van der Waals surface area contributed by atoms with Gasteiger partial charge in [0.2, 0.25) is 0 Å². The van der Waals surface area contributed by atoms with Gasteiger partial charge in [-0.25, -0.2) is 0 Å². The van der Waals surface area contributed by atoms with E-state index in [-0.39, 0.29) is 28.4 Å². The maximum Gasteiger partial charge on any atom is 0.140 e. The highest BCUT2D eigenvalue weighted by atomic mass is 16.5. The van der Waals surface area contributed by atoms with Crippen LogP contribution in [-0.2, 0) is 9.53 Å². The number of aliphatic hydroxyl groups is 1. The Bertz CT molecular complexity index is 779. The van der Waals surface area contributed by atoms with E-state index < -0.39 is 6.10 Å². The lowest BCUT2D eigenvalue weighted by molar-refractivity contribution is -0.370. The average molecular weight is 355 g/mol. The summed E-state index contributed by atoms with van der Waals surface area (Å²) in [6, 6.07) is 0.506. The zero-order chi connectivity index (χ0) is 17.8. The van der Waals surface area contributed by atoms with Crippen molar-refractivity contribution in [2.75, 3.05) is 6.54 Å². The Balaban J connectivity index is 1.52. The first-order chi connectivity index (χ1) is 12.4. The maximum atomic E-state index is 13.0. The van der Waals surface area contributed by atoms with Gasteiger partial charge in [-0.15, -0.1) is 0 Å². The Morgan fingerprint density at radius 1 is 1.38 bits per heavy atom. The molecular formula is C22H29NO3. The molecule has 0 aromatic carbocycles. The van der Waals surface area contributed by atoms with Crippen LogP contribution in [0.15, 0.2) is 12.2 Å². The molecule has 11 atom stereocenters. The number of rotatable bonds is 1. The monoisotopic (exact) mass is 355 g/mol. The summed E-state index contributed by atoms with van der Waals surface area (Å²) < 4.78 is 6.75. The van der Waals surface area contributed by atoms with Crippen LogP contribution in [0.25, 0.3) is 0 Å². The van der Waals surface area contributed by atoms with Crippen LogP contribution >= 0.6 is 0 Å². The minimum Gasteiger partial charge on any atom is -0.388 e. The van der Waals surface area contributed by atoms with Gasteiger partial charge in [-0.1, -0.05) is 20.4 Å². The van der Waals surface area contributed by atoms with Crippen LogP contribution in [0.2, 0.25) is 0 Å². The zero-order valence-corrected chi connectivity index (χ0v) is 15.8. The van der Waals surface area contributed by atoms with Gasteiger partial charge in [0.1, 0.15) is 12.0 Å². The number of fused-ring (bicyclic) bond motifs is 2. The Morgan fingerprint density at radius 3 is 2.96 bits per heavy atom. The normalized spacial score (nSPS) is 66.7. The molecule has 2 spiro atoms. The fourth-order valence-electron chi connectivity index (χ4n) is 10.3. The van der Waals surface area contributed by atoms with Gasteiger partial charge in [0, 0.05) is 34.6 Å². The third kappa shape index (κ3) is 1.11. The molecule has 140 valence electrons. The molecule has 4 aliphatic heterocycles. The van der Waals surface area contributed by atoms with Crippen molar-refractivity contribution in [1.29, 1.82) is 0 Å². The van der Waals surface area contributed by atoms with E-state index in [9.17, 15) is 9.90 Å². The van der Waals surface area contributed by atoms with E-state index in [2.05, 4.69) is 25.3 Å². The van der Waals surface area contributed by atoms with Crippen molar-refractivity contribution in [3.63, 3.8) is 0 Å². The van der Waals surface area contributed by atoms with Crippen LogP contribution in [0.3, 0.4) is 0 Å². The molecule has 0 aromatic heterocycles. The molecule has 1 unspecified atom stereocenters. The van der Waals surface area contributed by atoms with Gasteiger partial charge >= 0.3 is 0 Å². The Hall–Kier alpha value is -0.710. The second kappa shape index (κ2) is 4.01. The molecule has 4 heteroatoms. The number of carbonyl (C=O) groups is 1. The molecule has 4 heterocycles. The minimum atomic E-state index is -0.487. The highest BCUT2D eigenvalue weighted by Gasteiger charge is 2.88. The summed E-state index contributed by atoms with van der Waals surface area (Å²) in [7, 11) is 0. The third-order valence-electron chi connectivity index (χ3n) is 10.8. The summed E-state index contributed by atoms with van der Waals surface area (Å²) >= 11 is 0. The van der Waals surface area contributed by atoms with Crippen molar-refractivity contribution < 1.29 is 14.6 Å². The average Bonchev–Trinajstić information content (AvgIpc) is 3.17. The molecular weight excluding hydrogens is 326 g/mol. The number of piperidine rings is 1. The molecule has 5 aliphatic carbocycles. The summed E-state index contributed by atoms with van der Waals surface area (Å²) in [4.78, 5) is 15.7. The quantitative estimate of drug-likeness (QED) is 0.734. The number of aliphatic hydroxyl groups excluding tert-OH is 1. The van der Waals surface area contributed by atoms with E-state index >= 15 is 0 Å². The summed E-state index contributed by atoms with van der Waals surface area (Å²) in [6.07, 6.45) is 5.21. The predicted octanol–water partition coefficient (Wildman–Crippen LogP) is 2.36. The number of Topliss-reactive ketones (excluding diaryl/α,β-unsaturated/α-hetero) is 1. The molecule has 9 rings (SSSR count). The van der Waals surface area contributed by atoms with Crippen LogP contribution in [0.4, 0.5) is 0 Å². The fraction of sp³-hybridized carbons (Fsp3) is 0.864. The van der Waals surface area contributed by atoms with E-state index in [0.717, 1.165) is 25.0 Å². The number of hydrogen-bond acceptors (Lipinski definition) is 4. The van der Waals surface area contributed by atoms with E-state index in [0.29, 0.717) is 42.1 Å². The van der Waals surface area contributed by atoms with Gasteiger partial charge in [-0.2, -0.15) is 0 Å². The van der Waals surface area contributed by atoms with Gasteiger partial charge in [-0.3, -0.25) is 9.69 Å². The maximum absolute atomic E-state index is 13.0. The minimum absolute atomic E-state index is 0.0853. The van der Waals surface area contributed by atoms with Crippen molar-refractivity contribution in [3.8, 4) is 0 Å². The number of carbonyl (C=O) groups excluding carboxylic acids is 1. The smallest absolute Gasteiger partial charge is 0.140 e. The molecule has 4 saturated heterocycles. The highest BCUT2D eigenvalue weighted by molar-refractivity contribution is 5.87. The first-order valence-corrected chi connectivity index (χ1v) is 10.7. The first-order valence-electron chi connectivity index (χ1n) is 10.7. The highest BCUT2D eigenvalue weighted by Crippen LogP contribution is 2.86. The first kappa shape index (κ1) is 15.2. The van der Waals surface area contributed by atoms with E-state index in [1.807, 2.05) is 0 Å². The Labute approximate surface area is 155 Å². The van der Waals surface area contributed by atoms with Gasteiger partial charge in [0.15, 0.2) is 0 Å². The van der Waals surface area contributed by atoms with Crippen molar-refractivity contribution >= 4 is 5.78 Å². The van der Waals surface area contributed by atoms with Crippen LogP contribution in [0.1, 0.15) is 46.0 Å². The van der Waals surface area contributed by atoms with E-state index in [1.165, 1.54) is 12.8 Å². The fourth-order valence-corrected chi connectivity index (χ4v) is 10.3. The van der Waals surface area contributed by atoms with Crippen LogP contribution in [0, 0.1) is 39.9 Å². The SMILES string of the molecule is C=C1[C@H]2C[C@@]3([C@@H]1O)[C@@H](CC2=O)[C@@]12[C@@H]4CC[C@@]5(C)C(O4)N(CC)[C@@H]1[C@@H]3C[C@@H]25. The van der Waals surface area contributed by atoms with Gasteiger partial charge < -0.3 is 9.84 Å². The molecule has 0 amide bonds. The summed E-state index contributed by atoms with van der Waals surface area (Å²) in [5.41, 5.74) is 1.03. The lowest BCUT2D eigenvalue weighted by atomic mass is 9.41. The molecule has 1 N–H and O–H groups in total. The largest absolute Gasteiger partial charge is 0.388 e. The second-order valence-corrected chi connectivity index (χ2v) is 10.8. The molecule has 9 bridgehead atoms. The number of ketones is 1. The molecule has 0 aromatic rings. The van der Waals surface area contributed by atoms with Crippen LogP contribution < -0.4 is 0 Å². The summed E-state index contributed by atoms with van der Waals surface area (Å²) in [5, 5.41) is 11.4. The predicted molar refractivity (Wildman–Crippen MR) is 95.0 cm³/mol. The van der Waals surface area contributed by atoms with Crippen molar-refractivity contribution in [2.45, 2.75) is 70.4 Å². The Kier molecular flexibility index (Phi) is 2.35. The number of hydrogen-bond donors (Lipinski definition) is 1. The molecule has 9 fully saturated rings. The number of ether oxygens (including phenoxy) is 1. The van der Waals surface area contributed by atoms with Crippen molar-refractivity contribution in [3.05, 3.63) is 12.2 Å². The topological polar surface area (TPSA) is 49.8 Å². The Morgan fingerprint density at radius 2 is 2.19 bits per heavy atom. The van der Waals surface area contributed by atoms with Gasteiger partial charge in [-0.05, 0) is 55.6 Å². The van der Waals surface area contributed by atoms with Gasteiger partial charge in [0.25, 0.3) is 0 Å². The summed E-state index contributed by atoms with van der Waals surface area (Å²) in [6.45, 7) is 9.94.